The van der Waals surface area contributed by atoms with Crippen LogP contribution in [0.25, 0.3) is 10.8 Å². The van der Waals surface area contributed by atoms with E-state index in [0.717, 1.165) is 16.8 Å². The lowest BCUT2D eigenvalue weighted by Crippen LogP contribution is -2.42. The molecule has 0 bridgehead atoms. The molecule has 3 aromatic rings. The van der Waals surface area contributed by atoms with E-state index in [2.05, 4.69) is 15.6 Å². The van der Waals surface area contributed by atoms with Gasteiger partial charge in [-0.1, -0.05) is 29.8 Å². The lowest BCUT2D eigenvalue weighted by atomic mass is 10.0. The number of aromatic nitrogens is 1. The maximum Gasteiger partial charge on any atom is 0.401 e. The summed E-state index contributed by atoms with van der Waals surface area (Å²) in [5, 5.41) is 6.27. The van der Waals surface area contributed by atoms with E-state index in [-0.39, 0.29) is 23.8 Å². The van der Waals surface area contributed by atoms with Gasteiger partial charge in [-0.2, -0.15) is 13.2 Å². The van der Waals surface area contributed by atoms with Crippen LogP contribution in [0.1, 0.15) is 18.5 Å². The van der Waals surface area contributed by atoms with Crippen molar-refractivity contribution in [1.29, 1.82) is 0 Å². The molecule has 2 N–H and O–H groups in total. The third-order valence-corrected chi connectivity index (χ3v) is 5.48. The number of anilines is 1. The van der Waals surface area contributed by atoms with Gasteiger partial charge in [0.15, 0.2) is 0 Å². The molecule has 0 unspecified atom stereocenters. The number of rotatable bonds is 8. The Labute approximate surface area is 198 Å². The van der Waals surface area contributed by atoms with Crippen LogP contribution in [0.2, 0.25) is 5.02 Å². The largest absolute Gasteiger partial charge is 0.481 e. The van der Waals surface area contributed by atoms with Crippen LogP contribution >= 0.6 is 11.6 Å². The zero-order valence-electron chi connectivity index (χ0n) is 18.4. The highest BCUT2D eigenvalue weighted by molar-refractivity contribution is 6.31. The second kappa shape index (κ2) is 10.9. The number of hydrogen-bond acceptors (Lipinski definition) is 4. The summed E-state index contributed by atoms with van der Waals surface area (Å²) < 4.78 is 56.4. The number of methoxy groups -OCH3 is 1. The standard InChI is InChI=1S/C23H23ClF4N4O2/c1-14(18-12-30-21(34-2)17-6-4-3-5-16(17)18)32(10-9-29-13-23(26,27)28)22(33)31-15-7-8-20(25)19(24)11-15/h3-8,11-12,14,29H,9-10,13H2,1-2H3,(H,31,33)/t14-/m1/s1. The first kappa shape index (κ1) is 25.5. The van der Waals surface area contributed by atoms with E-state index < -0.39 is 30.6 Å². The maximum absolute atomic E-state index is 13.5. The van der Waals surface area contributed by atoms with Crippen LogP contribution in [-0.2, 0) is 0 Å². The number of nitrogens with one attached hydrogen (secondary N) is 2. The van der Waals surface area contributed by atoms with Crippen LogP contribution in [0, 0.1) is 5.82 Å². The molecule has 182 valence electrons. The van der Waals surface area contributed by atoms with Crippen molar-refractivity contribution < 1.29 is 27.1 Å². The van der Waals surface area contributed by atoms with Crippen molar-refractivity contribution in [3.63, 3.8) is 0 Å². The third kappa shape index (κ3) is 6.27. The van der Waals surface area contributed by atoms with E-state index in [1.807, 2.05) is 24.3 Å². The lowest BCUT2D eigenvalue weighted by Gasteiger charge is -2.30. The van der Waals surface area contributed by atoms with Crippen LogP contribution in [0.15, 0.2) is 48.7 Å². The Morgan fingerprint density at radius 3 is 2.56 bits per heavy atom. The Kier molecular flexibility index (Phi) is 8.16. The average Bonchev–Trinajstić information content (AvgIpc) is 2.79. The molecule has 3 rings (SSSR count). The zero-order chi connectivity index (χ0) is 24.9. The number of amides is 2. The Hall–Kier alpha value is -3.11. The van der Waals surface area contributed by atoms with Crippen molar-refractivity contribution in [2.24, 2.45) is 0 Å². The van der Waals surface area contributed by atoms with Gasteiger partial charge in [-0.15, -0.1) is 0 Å². The van der Waals surface area contributed by atoms with Crippen molar-refractivity contribution in [2.45, 2.75) is 19.1 Å². The molecule has 0 aliphatic rings. The monoisotopic (exact) mass is 498 g/mol. The lowest BCUT2D eigenvalue weighted by molar-refractivity contribution is -0.124. The van der Waals surface area contributed by atoms with Crippen LogP contribution in [-0.4, -0.2) is 48.8 Å². The van der Waals surface area contributed by atoms with Gasteiger partial charge in [0, 0.05) is 35.9 Å². The van der Waals surface area contributed by atoms with E-state index in [9.17, 15) is 22.4 Å². The summed E-state index contributed by atoms with van der Waals surface area (Å²) >= 11 is 5.80. The molecule has 2 aromatic carbocycles. The first-order chi connectivity index (χ1) is 16.1. The minimum absolute atomic E-state index is 0.0433. The third-order valence-electron chi connectivity index (χ3n) is 5.19. The number of alkyl halides is 3. The SMILES string of the molecule is COc1ncc([C@@H](C)N(CCNCC(F)(F)F)C(=O)Nc2ccc(F)c(Cl)c2)c2ccccc12. The molecule has 1 aromatic heterocycles. The summed E-state index contributed by atoms with van der Waals surface area (Å²) in [5.41, 5.74) is 0.925. The molecule has 0 saturated carbocycles. The quantitative estimate of drug-likeness (QED) is 0.305. The molecule has 0 aliphatic carbocycles. The number of carbonyl (C=O) groups is 1. The molecule has 34 heavy (non-hydrogen) atoms. The smallest absolute Gasteiger partial charge is 0.401 e. The Bertz CT molecular complexity index is 1160. The summed E-state index contributed by atoms with van der Waals surface area (Å²) in [6.07, 6.45) is -2.80. The number of urea groups is 1. The summed E-state index contributed by atoms with van der Waals surface area (Å²) in [7, 11) is 1.50. The van der Waals surface area contributed by atoms with Crippen molar-refractivity contribution in [3.05, 3.63) is 65.1 Å². The van der Waals surface area contributed by atoms with E-state index >= 15 is 0 Å². The number of halogens is 5. The molecule has 1 heterocycles. The fourth-order valence-corrected chi connectivity index (χ4v) is 3.70. The summed E-state index contributed by atoms with van der Waals surface area (Å²) in [6.45, 7) is 0.412. The van der Waals surface area contributed by atoms with Gasteiger partial charge in [0.2, 0.25) is 5.88 Å². The zero-order valence-corrected chi connectivity index (χ0v) is 19.2. The normalized spacial score (nSPS) is 12.4. The average molecular weight is 499 g/mol. The summed E-state index contributed by atoms with van der Waals surface area (Å²) in [5.74, 6) is -0.229. The summed E-state index contributed by atoms with van der Waals surface area (Å²) in [6, 6.07) is 9.86. The molecule has 0 fully saturated rings. The summed E-state index contributed by atoms with van der Waals surface area (Å²) in [4.78, 5) is 18.8. The Morgan fingerprint density at radius 2 is 1.91 bits per heavy atom. The first-order valence-corrected chi connectivity index (χ1v) is 10.7. The number of nitrogens with zero attached hydrogens (tertiary/aromatic N) is 2. The van der Waals surface area contributed by atoms with E-state index in [0.29, 0.717) is 11.4 Å². The predicted molar refractivity (Wildman–Crippen MR) is 123 cm³/mol. The van der Waals surface area contributed by atoms with E-state index in [4.69, 9.17) is 16.3 Å². The molecule has 1 atom stereocenters. The number of ether oxygens (including phenoxy) is 1. The predicted octanol–water partition coefficient (Wildman–Crippen LogP) is 5.78. The number of fused-ring (bicyclic) bond motifs is 1. The second-order valence-corrected chi connectivity index (χ2v) is 7.90. The minimum atomic E-state index is -4.38. The van der Waals surface area contributed by atoms with Crippen LogP contribution in [0.5, 0.6) is 5.88 Å². The number of benzene rings is 2. The van der Waals surface area contributed by atoms with Crippen molar-refractivity contribution in [3.8, 4) is 5.88 Å². The van der Waals surface area contributed by atoms with Crippen molar-refractivity contribution >= 4 is 34.1 Å². The van der Waals surface area contributed by atoms with Gasteiger partial charge in [-0.25, -0.2) is 14.2 Å². The minimum Gasteiger partial charge on any atom is -0.481 e. The Balaban J connectivity index is 1.90. The molecule has 0 aliphatic heterocycles. The molecule has 2 amide bonds. The molecular formula is C23H23ClF4N4O2. The van der Waals surface area contributed by atoms with Gasteiger partial charge in [0.25, 0.3) is 0 Å². The molecule has 0 saturated heterocycles. The topological polar surface area (TPSA) is 66.5 Å². The Morgan fingerprint density at radius 1 is 1.21 bits per heavy atom. The molecule has 0 spiro atoms. The van der Waals surface area contributed by atoms with Crippen LogP contribution in [0.4, 0.5) is 28.0 Å². The van der Waals surface area contributed by atoms with Crippen LogP contribution < -0.4 is 15.4 Å². The molecule has 11 heteroatoms. The maximum atomic E-state index is 13.5. The van der Waals surface area contributed by atoms with Gasteiger partial charge in [0.05, 0.1) is 24.7 Å². The van der Waals surface area contributed by atoms with Gasteiger partial charge in [-0.05, 0) is 36.6 Å². The second-order valence-electron chi connectivity index (χ2n) is 7.49. The number of hydrogen-bond donors (Lipinski definition) is 2. The highest BCUT2D eigenvalue weighted by Crippen LogP contribution is 2.32. The van der Waals surface area contributed by atoms with Gasteiger partial charge < -0.3 is 20.3 Å². The van der Waals surface area contributed by atoms with Gasteiger partial charge in [0.1, 0.15) is 5.82 Å². The van der Waals surface area contributed by atoms with Crippen molar-refractivity contribution in [2.75, 3.05) is 32.1 Å². The highest BCUT2D eigenvalue weighted by atomic mass is 35.5. The van der Waals surface area contributed by atoms with Gasteiger partial charge >= 0.3 is 12.2 Å². The first-order valence-electron chi connectivity index (χ1n) is 10.3. The fourth-order valence-electron chi connectivity index (χ4n) is 3.52. The van der Waals surface area contributed by atoms with Crippen molar-refractivity contribution in [1.82, 2.24) is 15.2 Å². The number of pyridine rings is 1. The highest BCUT2D eigenvalue weighted by Gasteiger charge is 2.28. The molecule has 6 nitrogen and oxygen atoms in total. The van der Waals surface area contributed by atoms with Crippen LogP contribution in [0.3, 0.4) is 0 Å². The molecular weight excluding hydrogens is 476 g/mol. The van der Waals surface area contributed by atoms with E-state index in [1.165, 1.54) is 24.1 Å². The fraction of sp³-hybridized carbons (Fsp3) is 0.304. The van der Waals surface area contributed by atoms with E-state index in [1.54, 1.807) is 13.1 Å². The number of carbonyl (C=O) groups excluding carboxylic acids is 1. The van der Waals surface area contributed by atoms with Gasteiger partial charge in [-0.3, -0.25) is 0 Å². The molecule has 0 radical (unpaired) electrons.